The highest BCUT2D eigenvalue weighted by Gasteiger charge is 2.16. The molecule has 0 amide bonds. The van der Waals surface area contributed by atoms with Gasteiger partial charge in [-0.15, -0.1) is 11.6 Å². The number of halogens is 1. The molecule has 0 bridgehead atoms. The number of nitrogens with one attached hydrogen (secondary N) is 1. The van der Waals surface area contributed by atoms with Crippen molar-refractivity contribution in [1.82, 2.24) is 19.9 Å². The summed E-state index contributed by atoms with van der Waals surface area (Å²) in [5, 5.41) is 0.430. The highest BCUT2D eigenvalue weighted by Crippen LogP contribution is 2.26. The summed E-state index contributed by atoms with van der Waals surface area (Å²) in [6, 6.07) is 11.2. The number of ether oxygens (including phenoxy) is 2. The molecular formula is C23H25ClN4O3S. The Balaban J connectivity index is 0.000000305. The smallest absolute Gasteiger partial charge is 0.197 e. The first-order valence-corrected chi connectivity index (χ1v) is 11.7. The number of benzene rings is 1. The van der Waals surface area contributed by atoms with Crippen molar-refractivity contribution < 1.29 is 13.7 Å². The summed E-state index contributed by atoms with van der Waals surface area (Å²) in [6.45, 7) is 3.86. The second kappa shape index (κ2) is 11.1. The summed E-state index contributed by atoms with van der Waals surface area (Å²) in [5.41, 5.74) is 5.08. The van der Waals surface area contributed by atoms with Gasteiger partial charge in [-0.25, -0.2) is 4.98 Å². The zero-order valence-electron chi connectivity index (χ0n) is 18.4. The third-order valence-corrected chi connectivity index (χ3v) is 6.20. The van der Waals surface area contributed by atoms with Crippen LogP contribution < -0.4 is 9.47 Å². The Morgan fingerprint density at radius 3 is 2.53 bits per heavy atom. The number of nitrogens with zero attached hydrogens (tertiary/aromatic N) is 3. The monoisotopic (exact) mass is 472 g/mol. The highest BCUT2D eigenvalue weighted by atomic mass is 35.5. The van der Waals surface area contributed by atoms with Gasteiger partial charge < -0.3 is 14.5 Å². The number of hydrogen-bond acceptors (Lipinski definition) is 6. The third kappa shape index (κ3) is 5.63. The van der Waals surface area contributed by atoms with Crippen molar-refractivity contribution in [3.63, 3.8) is 0 Å². The summed E-state index contributed by atoms with van der Waals surface area (Å²) in [5.74, 6) is 2.29. The van der Waals surface area contributed by atoms with Crippen molar-refractivity contribution in [2.24, 2.45) is 0 Å². The van der Waals surface area contributed by atoms with Crippen molar-refractivity contribution in [3.8, 4) is 11.5 Å². The molecule has 1 aromatic carbocycles. The lowest BCUT2D eigenvalue weighted by Crippen LogP contribution is -2.05. The molecule has 1 atom stereocenters. The molecule has 0 radical (unpaired) electrons. The predicted molar refractivity (Wildman–Crippen MR) is 127 cm³/mol. The molecule has 1 unspecified atom stereocenters. The van der Waals surface area contributed by atoms with E-state index < -0.39 is 10.8 Å². The molecule has 0 saturated carbocycles. The van der Waals surface area contributed by atoms with Gasteiger partial charge in [0.1, 0.15) is 11.5 Å². The van der Waals surface area contributed by atoms with E-state index in [4.69, 9.17) is 21.1 Å². The maximum atomic E-state index is 12.7. The number of alkyl halides is 1. The molecule has 7 nitrogen and oxygen atoms in total. The van der Waals surface area contributed by atoms with Gasteiger partial charge in [0.05, 0.1) is 59.1 Å². The van der Waals surface area contributed by atoms with Crippen LogP contribution in [0.3, 0.4) is 0 Å². The summed E-state index contributed by atoms with van der Waals surface area (Å²) < 4.78 is 23.3. The Labute approximate surface area is 194 Å². The number of hydrogen-bond donors (Lipinski definition) is 1. The minimum Gasteiger partial charge on any atom is -0.497 e. The maximum Gasteiger partial charge on any atom is 0.197 e. The molecule has 3 aromatic heterocycles. The molecule has 9 heteroatoms. The van der Waals surface area contributed by atoms with E-state index >= 15 is 0 Å². The SMILES string of the molecule is COc1ccc2nc(S(=O)Cc3ncc(C)c(OC)c3C)[nH]c2c1.ClCc1ccccn1. The number of rotatable bonds is 6. The molecule has 1 N–H and O–H groups in total. The van der Waals surface area contributed by atoms with Gasteiger partial charge in [-0.1, -0.05) is 6.07 Å². The van der Waals surface area contributed by atoms with Crippen LogP contribution in [0.2, 0.25) is 0 Å². The third-order valence-electron chi connectivity index (χ3n) is 4.76. The molecule has 4 aromatic rings. The fourth-order valence-corrected chi connectivity index (χ4v) is 4.34. The van der Waals surface area contributed by atoms with Crippen LogP contribution in [-0.4, -0.2) is 38.4 Å². The lowest BCUT2D eigenvalue weighted by Gasteiger charge is -2.11. The minimum absolute atomic E-state index is 0.277. The Bertz CT molecular complexity index is 1210. The molecule has 0 saturated heterocycles. The topological polar surface area (TPSA) is 90.0 Å². The van der Waals surface area contributed by atoms with Crippen LogP contribution in [0.15, 0.2) is 53.9 Å². The quantitative estimate of drug-likeness (QED) is 0.408. The van der Waals surface area contributed by atoms with Gasteiger partial charge in [0.15, 0.2) is 5.16 Å². The van der Waals surface area contributed by atoms with Crippen LogP contribution in [-0.2, 0) is 22.4 Å². The van der Waals surface area contributed by atoms with Crippen LogP contribution in [0.25, 0.3) is 11.0 Å². The molecule has 168 valence electrons. The van der Waals surface area contributed by atoms with Gasteiger partial charge >= 0.3 is 0 Å². The molecule has 0 fully saturated rings. The summed E-state index contributed by atoms with van der Waals surface area (Å²) in [7, 11) is 1.91. The van der Waals surface area contributed by atoms with Gasteiger partial charge in [-0.3, -0.25) is 14.2 Å². The summed E-state index contributed by atoms with van der Waals surface area (Å²) >= 11 is 5.46. The predicted octanol–water partition coefficient (Wildman–Crippen LogP) is 4.72. The lowest BCUT2D eigenvalue weighted by atomic mass is 10.1. The average molecular weight is 473 g/mol. The summed E-state index contributed by atoms with van der Waals surface area (Å²) in [4.78, 5) is 15.9. The number of methoxy groups -OCH3 is 2. The number of aryl methyl sites for hydroxylation is 1. The fourth-order valence-electron chi connectivity index (χ4n) is 3.09. The zero-order valence-corrected chi connectivity index (χ0v) is 20.0. The van der Waals surface area contributed by atoms with E-state index in [2.05, 4.69) is 19.9 Å². The first-order chi connectivity index (χ1) is 15.5. The molecule has 0 spiro atoms. The fraction of sp³-hybridized carbons (Fsp3) is 0.261. The number of aromatic nitrogens is 4. The van der Waals surface area contributed by atoms with Gasteiger partial charge in [0.25, 0.3) is 0 Å². The van der Waals surface area contributed by atoms with E-state index in [9.17, 15) is 4.21 Å². The standard InChI is InChI=1S/C17H19N3O3S.C6H6ClN/c1-10-8-18-15(11(2)16(10)23-4)9-24(21)17-19-13-6-5-12(22-3)7-14(13)20-17;7-5-6-3-1-2-4-8-6/h5-8H,9H2,1-4H3,(H,19,20);1-4H,5H2. The maximum absolute atomic E-state index is 12.7. The Morgan fingerprint density at radius 2 is 1.91 bits per heavy atom. The van der Waals surface area contributed by atoms with E-state index in [0.717, 1.165) is 45.0 Å². The molecule has 0 aliphatic heterocycles. The number of fused-ring (bicyclic) bond motifs is 1. The summed E-state index contributed by atoms with van der Waals surface area (Å²) in [6.07, 6.45) is 3.47. The van der Waals surface area contributed by atoms with E-state index in [1.54, 1.807) is 26.6 Å². The van der Waals surface area contributed by atoms with E-state index in [1.807, 2.05) is 50.2 Å². The van der Waals surface area contributed by atoms with Crippen LogP contribution in [0.1, 0.15) is 22.5 Å². The van der Waals surface area contributed by atoms with Crippen LogP contribution in [0, 0.1) is 13.8 Å². The first-order valence-electron chi connectivity index (χ1n) is 9.83. The highest BCUT2D eigenvalue weighted by molar-refractivity contribution is 7.84. The normalized spacial score (nSPS) is 11.5. The minimum atomic E-state index is -1.33. The van der Waals surface area contributed by atoms with Gasteiger partial charge in [-0.05, 0) is 38.1 Å². The van der Waals surface area contributed by atoms with E-state index in [0.29, 0.717) is 11.0 Å². The number of pyridine rings is 2. The van der Waals surface area contributed by atoms with Crippen molar-refractivity contribution in [1.29, 1.82) is 0 Å². The second-order valence-electron chi connectivity index (χ2n) is 6.92. The first kappa shape index (κ1) is 23.7. The van der Waals surface area contributed by atoms with Gasteiger partial charge in [0, 0.05) is 29.6 Å². The largest absolute Gasteiger partial charge is 0.497 e. The van der Waals surface area contributed by atoms with Crippen LogP contribution >= 0.6 is 11.6 Å². The number of aromatic amines is 1. The van der Waals surface area contributed by atoms with Crippen molar-refractivity contribution in [2.45, 2.75) is 30.6 Å². The average Bonchev–Trinajstić information content (AvgIpc) is 3.25. The van der Waals surface area contributed by atoms with Crippen molar-refractivity contribution >= 4 is 33.4 Å². The Morgan fingerprint density at radius 1 is 1.09 bits per heavy atom. The Hall–Kier alpha value is -2.97. The van der Waals surface area contributed by atoms with Gasteiger partial charge in [0.2, 0.25) is 0 Å². The number of H-pyrrole nitrogens is 1. The molecule has 3 heterocycles. The Kier molecular flexibility index (Phi) is 8.19. The van der Waals surface area contributed by atoms with Gasteiger partial charge in [-0.2, -0.15) is 0 Å². The molecule has 0 aliphatic rings. The van der Waals surface area contributed by atoms with Crippen molar-refractivity contribution in [2.75, 3.05) is 14.2 Å². The molecule has 0 aliphatic carbocycles. The van der Waals surface area contributed by atoms with Crippen molar-refractivity contribution in [3.05, 3.63) is 71.3 Å². The van der Waals surface area contributed by atoms with E-state index in [-0.39, 0.29) is 5.75 Å². The molecular weight excluding hydrogens is 448 g/mol. The van der Waals surface area contributed by atoms with Crippen LogP contribution in [0.5, 0.6) is 11.5 Å². The molecule has 4 rings (SSSR count). The molecule has 32 heavy (non-hydrogen) atoms. The zero-order chi connectivity index (χ0) is 23.1. The lowest BCUT2D eigenvalue weighted by molar-refractivity contribution is 0.407. The van der Waals surface area contributed by atoms with E-state index in [1.165, 1.54) is 0 Å². The second-order valence-corrected chi connectivity index (χ2v) is 8.55. The number of imidazole rings is 1. The van der Waals surface area contributed by atoms with Crippen LogP contribution in [0.4, 0.5) is 0 Å².